The van der Waals surface area contributed by atoms with Crippen LogP contribution in [0.1, 0.15) is 26.7 Å². The molecular weight excluding hydrogens is 180 g/mol. The van der Waals surface area contributed by atoms with E-state index in [2.05, 4.69) is 0 Å². The summed E-state index contributed by atoms with van der Waals surface area (Å²) < 4.78 is 11.2. The van der Waals surface area contributed by atoms with Crippen LogP contribution < -0.4 is 0 Å². The second-order valence-corrected chi connectivity index (χ2v) is 4.24. The number of carbonyl (C=O) groups is 1. The minimum atomic E-state index is -0.501. The zero-order chi connectivity index (χ0) is 10.2. The number of hydrogen-bond acceptors (Lipinski definition) is 3. The van der Waals surface area contributed by atoms with Gasteiger partial charge in [0.15, 0.2) is 11.6 Å². The molecule has 0 spiro atoms. The Bertz CT molecular complexity index is 270. The maximum Gasteiger partial charge on any atom is 0.174 e. The van der Waals surface area contributed by atoms with Crippen LogP contribution in [0, 0.1) is 5.41 Å². The van der Waals surface area contributed by atoms with E-state index in [0.29, 0.717) is 13.2 Å². The van der Waals surface area contributed by atoms with Gasteiger partial charge in [-0.05, 0) is 32.8 Å². The number of rotatable bonds is 3. The molecule has 1 saturated carbocycles. The maximum absolute atomic E-state index is 10.9. The molecule has 0 atom stereocenters. The van der Waals surface area contributed by atoms with Gasteiger partial charge < -0.3 is 9.47 Å². The Hall–Kier alpha value is -0.670. The van der Waals surface area contributed by atoms with Crippen LogP contribution in [0.2, 0.25) is 0 Å². The first-order valence-corrected chi connectivity index (χ1v) is 5.06. The molecule has 0 N–H and O–H groups in total. The van der Waals surface area contributed by atoms with Gasteiger partial charge in [0.2, 0.25) is 0 Å². The lowest BCUT2D eigenvalue weighted by Crippen LogP contribution is -2.36. The molecule has 2 rings (SSSR count). The van der Waals surface area contributed by atoms with Crippen LogP contribution in [0.5, 0.6) is 0 Å². The molecule has 0 aromatic carbocycles. The lowest BCUT2D eigenvalue weighted by atomic mass is 9.95. The number of ether oxygens (including phenoxy) is 2. The van der Waals surface area contributed by atoms with Crippen molar-refractivity contribution in [2.75, 3.05) is 13.2 Å². The fraction of sp³-hybridized carbons (Fsp3) is 0.727. The molecule has 1 aliphatic carbocycles. The van der Waals surface area contributed by atoms with E-state index in [4.69, 9.17) is 9.47 Å². The number of ketones is 1. The second-order valence-electron chi connectivity index (χ2n) is 4.24. The van der Waals surface area contributed by atoms with Gasteiger partial charge in [0.05, 0.1) is 13.2 Å². The molecule has 14 heavy (non-hydrogen) atoms. The fourth-order valence-electron chi connectivity index (χ4n) is 1.99. The van der Waals surface area contributed by atoms with Crippen molar-refractivity contribution in [3.05, 3.63) is 12.2 Å². The molecule has 0 radical (unpaired) electrons. The third-order valence-electron chi connectivity index (χ3n) is 3.17. The van der Waals surface area contributed by atoms with Crippen LogP contribution >= 0.6 is 0 Å². The molecule has 0 aromatic rings. The van der Waals surface area contributed by atoms with Crippen molar-refractivity contribution in [3.8, 4) is 0 Å². The molecule has 0 bridgehead atoms. The molecule has 1 heterocycles. The quantitative estimate of drug-likeness (QED) is 0.644. The molecule has 1 aliphatic heterocycles. The molecule has 0 amide bonds. The first-order valence-electron chi connectivity index (χ1n) is 5.06. The van der Waals surface area contributed by atoms with Crippen molar-refractivity contribution in [1.82, 2.24) is 0 Å². The molecule has 78 valence electrons. The topological polar surface area (TPSA) is 35.5 Å². The third-order valence-corrected chi connectivity index (χ3v) is 3.17. The van der Waals surface area contributed by atoms with Crippen molar-refractivity contribution in [1.29, 1.82) is 0 Å². The van der Waals surface area contributed by atoms with Crippen LogP contribution in [-0.2, 0) is 14.3 Å². The summed E-state index contributed by atoms with van der Waals surface area (Å²) >= 11 is 0. The molecule has 2 fully saturated rings. The molecule has 0 unspecified atom stereocenters. The Morgan fingerprint density at radius 1 is 1.29 bits per heavy atom. The highest BCUT2D eigenvalue weighted by Crippen LogP contribution is 2.58. The molecule has 3 nitrogen and oxygen atoms in total. The number of allylic oxidation sites excluding steroid dienone is 1. The van der Waals surface area contributed by atoms with E-state index in [1.54, 1.807) is 13.0 Å². The molecule has 2 aliphatic rings. The van der Waals surface area contributed by atoms with Crippen molar-refractivity contribution in [2.24, 2.45) is 5.41 Å². The predicted octanol–water partition coefficient (Wildman–Crippen LogP) is 1.67. The van der Waals surface area contributed by atoms with Gasteiger partial charge in [-0.3, -0.25) is 4.79 Å². The van der Waals surface area contributed by atoms with Crippen LogP contribution in [0.25, 0.3) is 0 Å². The highest BCUT2D eigenvalue weighted by atomic mass is 16.7. The van der Waals surface area contributed by atoms with Crippen molar-refractivity contribution in [2.45, 2.75) is 32.5 Å². The van der Waals surface area contributed by atoms with Crippen LogP contribution in [0.3, 0.4) is 0 Å². The summed E-state index contributed by atoms with van der Waals surface area (Å²) in [4.78, 5) is 10.9. The zero-order valence-corrected chi connectivity index (χ0v) is 8.71. The molecular formula is C11H16O3. The van der Waals surface area contributed by atoms with Crippen LogP contribution in [-0.4, -0.2) is 24.8 Å². The van der Waals surface area contributed by atoms with Crippen molar-refractivity contribution >= 4 is 5.78 Å². The van der Waals surface area contributed by atoms with Crippen molar-refractivity contribution in [3.63, 3.8) is 0 Å². The van der Waals surface area contributed by atoms with E-state index < -0.39 is 5.79 Å². The lowest BCUT2D eigenvalue weighted by Gasteiger charge is -2.30. The van der Waals surface area contributed by atoms with E-state index in [0.717, 1.165) is 12.8 Å². The first-order chi connectivity index (χ1) is 6.58. The van der Waals surface area contributed by atoms with E-state index in [1.165, 1.54) is 0 Å². The summed E-state index contributed by atoms with van der Waals surface area (Å²) in [5.74, 6) is -0.420. The highest BCUT2D eigenvalue weighted by molar-refractivity contribution is 5.87. The number of hydrogen-bond donors (Lipinski definition) is 0. The van der Waals surface area contributed by atoms with Gasteiger partial charge in [0.1, 0.15) is 0 Å². The third kappa shape index (κ3) is 1.51. The Kier molecular flexibility index (Phi) is 2.24. The summed E-state index contributed by atoms with van der Waals surface area (Å²) in [5, 5.41) is 0. The average Bonchev–Trinajstić information content (AvgIpc) is 2.81. The fourth-order valence-corrected chi connectivity index (χ4v) is 1.99. The smallest absolute Gasteiger partial charge is 0.174 e. The molecule has 0 aromatic heterocycles. The monoisotopic (exact) mass is 196 g/mol. The summed E-state index contributed by atoms with van der Waals surface area (Å²) in [7, 11) is 0. The Morgan fingerprint density at radius 3 is 2.29 bits per heavy atom. The van der Waals surface area contributed by atoms with Gasteiger partial charge in [-0.25, -0.2) is 0 Å². The lowest BCUT2D eigenvalue weighted by molar-refractivity contribution is -0.179. The van der Waals surface area contributed by atoms with Gasteiger partial charge in [-0.1, -0.05) is 6.08 Å². The Balaban J connectivity index is 2.12. The number of carbonyl (C=O) groups excluding carboxylic acids is 1. The largest absolute Gasteiger partial charge is 0.347 e. The summed E-state index contributed by atoms with van der Waals surface area (Å²) in [5.41, 5.74) is -0.0465. The summed E-state index contributed by atoms with van der Waals surface area (Å²) in [6, 6.07) is 0. The summed E-state index contributed by atoms with van der Waals surface area (Å²) in [6.07, 6.45) is 5.69. The zero-order valence-electron chi connectivity index (χ0n) is 8.71. The van der Waals surface area contributed by atoms with Crippen LogP contribution in [0.15, 0.2) is 12.2 Å². The van der Waals surface area contributed by atoms with Gasteiger partial charge in [0.25, 0.3) is 0 Å². The first kappa shape index (κ1) is 9.87. The van der Waals surface area contributed by atoms with E-state index in [1.807, 2.05) is 13.0 Å². The Morgan fingerprint density at radius 2 is 1.86 bits per heavy atom. The predicted molar refractivity (Wildman–Crippen MR) is 51.8 cm³/mol. The highest BCUT2D eigenvalue weighted by Gasteiger charge is 2.58. The molecule has 1 saturated heterocycles. The van der Waals surface area contributed by atoms with E-state index in [-0.39, 0.29) is 11.2 Å². The molecule has 3 heteroatoms. The van der Waals surface area contributed by atoms with E-state index in [9.17, 15) is 4.79 Å². The van der Waals surface area contributed by atoms with Gasteiger partial charge >= 0.3 is 0 Å². The SMILES string of the molecule is CC(=O)/C=C/C1(C2(C)OCCO2)CC1. The van der Waals surface area contributed by atoms with Crippen LogP contribution in [0.4, 0.5) is 0 Å². The van der Waals surface area contributed by atoms with Gasteiger partial charge in [0, 0.05) is 5.41 Å². The van der Waals surface area contributed by atoms with Gasteiger partial charge in [-0.15, -0.1) is 0 Å². The Labute approximate surface area is 84.1 Å². The van der Waals surface area contributed by atoms with Gasteiger partial charge in [-0.2, -0.15) is 0 Å². The maximum atomic E-state index is 10.9. The second kappa shape index (κ2) is 3.17. The average molecular weight is 196 g/mol. The van der Waals surface area contributed by atoms with E-state index >= 15 is 0 Å². The normalized spacial score (nSPS) is 28.1. The summed E-state index contributed by atoms with van der Waals surface area (Å²) in [6.45, 7) is 4.85. The van der Waals surface area contributed by atoms with Crippen molar-refractivity contribution < 1.29 is 14.3 Å². The minimum absolute atomic E-state index is 0.0465. The minimum Gasteiger partial charge on any atom is -0.347 e. The standard InChI is InChI=1S/C11H16O3/c1-9(12)3-4-11(5-6-11)10(2)13-7-8-14-10/h3-4H,5-8H2,1-2H3/b4-3+.